The molecule has 4 N–H and O–H groups in total. The zero-order valence-electron chi connectivity index (χ0n) is 15.1. The summed E-state index contributed by atoms with van der Waals surface area (Å²) < 4.78 is 0. The number of nitrogens with two attached hydrogens (primary N) is 1. The Labute approximate surface area is 156 Å². The maximum absolute atomic E-state index is 5.89. The fourth-order valence-corrected chi connectivity index (χ4v) is 3.06. The normalized spacial score (nSPS) is 10.8. The fourth-order valence-electron chi connectivity index (χ4n) is 3.06. The number of hydrogen-bond donors (Lipinski definition) is 3. The average molecular weight is 345 g/mol. The van der Waals surface area contributed by atoms with Crippen molar-refractivity contribution in [3.05, 3.63) is 107 Å². The quantitative estimate of drug-likeness (QED) is 0.554. The van der Waals surface area contributed by atoms with Gasteiger partial charge in [-0.25, -0.2) is 0 Å². The summed E-state index contributed by atoms with van der Waals surface area (Å²) in [5, 5.41) is 7.03. The molecule has 3 heteroatoms. The van der Waals surface area contributed by atoms with E-state index in [1.807, 2.05) is 12.1 Å². The molecule has 0 aliphatic carbocycles. The van der Waals surface area contributed by atoms with Crippen LogP contribution in [0.25, 0.3) is 0 Å². The second-order valence-corrected chi connectivity index (χ2v) is 6.54. The molecule has 0 aliphatic heterocycles. The van der Waals surface area contributed by atoms with Gasteiger partial charge in [0, 0.05) is 32.7 Å². The summed E-state index contributed by atoms with van der Waals surface area (Å²) >= 11 is 0. The molecule has 0 spiro atoms. The van der Waals surface area contributed by atoms with Gasteiger partial charge in [0.2, 0.25) is 0 Å². The van der Waals surface area contributed by atoms with Gasteiger partial charge >= 0.3 is 0 Å². The van der Waals surface area contributed by atoms with E-state index in [2.05, 4.69) is 77.4 Å². The highest BCUT2D eigenvalue weighted by atomic mass is 14.9. The third-order valence-corrected chi connectivity index (χ3v) is 4.35. The lowest BCUT2D eigenvalue weighted by Gasteiger charge is -2.11. The molecule has 0 heterocycles. The first-order valence-electron chi connectivity index (χ1n) is 9.14. The third-order valence-electron chi connectivity index (χ3n) is 4.35. The maximum Gasteiger partial charge on any atom is 0.0208 e. The standard InChI is InChI=1S/C23H27N3/c24-14-21-11-22(17-25-15-19-7-3-1-4-8-19)13-23(12-21)18-26-16-20-9-5-2-6-10-20/h1-13,25-26H,14-18,24H2. The van der Waals surface area contributed by atoms with Crippen molar-refractivity contribution in [1.82, 2.24) is 10.6 Å². The molecule has 0 radical (unpaired) electrons. The highest BCUT2D eigenvalue weighted by Crippen LogP contribution is 2.11. The van der Waals surface area contributed by atoms with E-state index in [0.29, 0.717) is 6.54 Å². The highest BCUT2D eigenvalue weighted by Gasteiger charge is 2.02. The molecular formula is C23H27N3. The van der Waals surface area contributed by atoms with E-state index in [1.165, 1.54) is 27.8 Å². The van der Waals surface area contributed by atoms with Gasteiger partial charge in [0.15, 0.2) is 0 Å². The summed E-state index contributed by atoms with van der Waals surface area (Å²) in [4.78, 5) is 0. The smallest absolute Gasteiger partial charge is 0.0208 e. The molecule has 0 amide bonds. The van der Waals surface area contributed by atoms with Crippen LogP contribution in [-0.2, 0) is 32.7 Å². The van der Waals surface area contributed by atoms with Crippen molar-refractivity contribution >= 4 is 0 Å². The summed E-state index contributed by atoms with van der Waals surface area (Å²) in [5.74, 6) is 0. The molecule has 0 aromatic heterocycles. The summed E-state index contributed by atoms with van der Waals surface area (Å²) in [6.07, 6.45) is 0. The number of benzene rings is 3. The van der Waals surface area contributed by atoms with Gasteiger partial charge in [-0.15, -0.1) is 0 Å². The molecule has 3 aromatic carbocycles. The van der Waals surface area contributed by atoms with E-state index in [-0.39, 0.29) is 0 Å². The van der Waals surface area contributed by atoms with E-state index >= 15 is 0 Å². The van der Waals surface area contributed by atoms with Gasteiger partial charge in [-0.2, -0.15) is 0 Å². The Hall–Kier alpha value is -2.46. The maximum atomic E-state index is 5.89. The van der Waals surface area contributed by atoms with Crippen molar-refractivity contribution < 1.29 is 0 Å². The molecular weight excluding hydrogens is 318 g/mol. The molecule has 0 saturated carbocycles. The molecule has 0 atom stereocenters. The lowest BCUT2D eigenvalue weighted by molar-refractivity contribution is 0.679. The lowest BCUT2D eigenvalue weighted by atomic mass is 10.0. The SMILES string of the molecule is NCc1cc(CNCc2ccccc2)cc(CNCc2ccccc2)c1. The Morgan fingerprint density at radius 2 is 0.885 bits per heavy atom. The van der Waals surface area contributed by atoms with Crippen molar-refractivity contribution in [3.8, 4) is 0 Å². The van der Waals surface area contributed by atoms with Crippen LogP contribution < -0.4 is 16.4 Å². The van der Waals surface area contributed by atoms with E-state index in [1.54, 1.807) is 0 Å². The van der Waals surface area contributed by atoms with Gasteiger partial charge in [-0.05, 0) is 27.8 Å². The Kier molecular flexibility index (Phi) is 6.96. The van der Waals surface area contributed by atoms with E-state index in [0.717, 1.165) is 26.2 Å². The molecule has 0 bridgehead atoms. The third kappa shape index (κ3) is 5.81. The zero-order chi connectivity index (χ0) is 18.0. The van der Waals surface area contributed by atoms with Crippen molar-refractivity contribution in [2.24, 2.45) is 5.73 Å². The van der Waals surface area contributed by atoms with Gasteiger partial charge in [0.05, 0.1) is 0 Å². The number of hydrogen-bond acceptors (Lipinski definition) is 3. The van der Waals surface area contributed by atoms with Crippen molar-refractivity contribution in [3.63, 3.8) is 0 Å². The van der Waals surface area contributed by atoms with Gasteiger partial charge in [0.1, 0.15) is 0 Å². The van der Waals surface area contributed by atoms with Crippen LogP contribution in [0.2, 0.25) is 0 Å². The van der Waals surface area contributed by atoms with Crippen molar-refractivity contribution in [2.45, 2.75) is 32.7 Å². The molecule has 3 rings (SSSR count). The number of rotatable bonds is 9. The fraction of sp³-hybridized carbons (Fsp3) is 0.217. The second-order valence-electron chi connectivity index (χ2n) is 6.54. The van der Waals surface area contributed by atoms with Crippen LogP contribution in [0.5, 0.6) is 0 Å². The Morgan fingerprint density at radius 3 is 1.31 bits per heavy atom. The summed E-state index contributed by atoms with van der Waals surface area (Å²) in [5.41, 5.74) is 12.2. The summed E-state index contributed by atoms with van der Waals surface area (Å²) in [6, 6.07) is 27.6. The number of nitrogens with one attached hydrogen (secondary N) is 2. The van der Waals surface area contributed by atoms with Crippen molar-refractivity contribution in [1.29, 1.82) is 0 Å². The first kappa shape index (κ1) is 18.3. The highest BCUT2D eigenvalue weighted by molar-refractivity contribution is 5.30. The van der Waals surface area contributed by atoms with Crippen LogP contribution in [0.3, 0.4) is 0 Å². The van der Waals surface area contributed by atoms with Crippen LogP contribution in [0.1, 0.15) is 27.8 Å². The summed E-state index contributed by atoms with van der Waals surface area (Å²) in [6.45, 7) is 3.99. The minimum absolute atomic E-state index is 0.568. The largest absolute Gasteiger partial charge is 0.326 e. The van der Waals surface area contributed by atoms with Crippen LogP contribution in [-0.4, -0.2) is 0 Å². The lowest BCUT2D eigenvalue weighted by Crippen LogP contribution is -2.15. The minimum Gasteiger partial charge on any atom is -0.326 e. The van der Waals surface area contributed by atoms with E-state index in [4.69, 9.17) is 5.73 Å². The average Bonchev–Trinajstić information content (AvgIpc) is 2.69. The van der Waals surface area contributed by atoms with Gasteiger partial charge in [0.25, 0.3) is 0 Å². The molecule has 3 nitrogen and oxygen atoms in total. The minimum atomic E-state index is 0.568. The van der Waals surface area contributed by atoms with Crippen LogP contribution in [0, 0.1) is 0 Å². The molecule has 0 saturated heterocycles. The van der Waals surface area contributed by atoms with Crippen LogP contribution in [0.4, 0.5) is 0 Å². The summed E-state index contributed by atoms with van der Waals surface area (Å²) in [7, 11) is 0. The van der Waals surface area contributed by atoms with E-state index < -0.39 is 0 Å². The molecule has 3 aromatic rings. The Bertz CT molecular complexity index is 721. The predicted octanol–water partition coefficient (Wildman–Crippen LogP) is 3.72. The topological polar surface area (TPSA) is 50.1 Å². The monoisotopic (exact) mass is 345 g/mol. The van der Waals surface area contributed by atoms with Crippen molar-refractivity contribution in [2.75, 3.05) is 0 Å². The molecule has 134 valence electrons. The molecule has 26 heavy (non-hydrogen) atoms. The van der Waals surface area contributed by atoms with Crippen LogP contribution >= 0.6 is 0 Å². The first-order valence-corrected chi connectivity index (χ1v) is 9.14. The predicted molar refractivity (Wildman–Crippen MR) is 108 cm³/mol. The van der Waals surface area contributed by atoms with Gasteiger partial charge in [-0.1, -0.05) is 78.9 Å². The Balaban J connectivity index is 1.55. The zero-order valence-corrected chi connectivity index (χ0v) is 15.1. The van der Waals surface area contributed by atoms with Gasteiger partial charge < -0.3 is 16.4 Å². The van der Waals surface area contributed by atoms with Gasteiger partial charge in [-0.3, -0.25) is 0 Å². The molecule has 0 aliphatic rings. The molecule has 0 fully saturated rings. The Morgan fingerprint density at radius 1 is 0.500 bits per heavy atom. The first-order chi connectivity index (χ1) is 12.8. The van der Waals surface area contributed by atoms with Crippen LogP contribution in [0.15, 0.2) is 78.9 Å². The molecule has 0 unspecified atom stereocenters. The second kappa shape index (κ2) is 9.88. The van der Waals surface area contributed by atoms with E-state index in [9.17, 15) is 0 Å².